The lowest BCUT2D eigenvalue weighted by atomic mass is 10.0. The average molecular weight is 188 g/mol. The normalized spacial score (nSPS) is 10.7. The van der Waals surface area contributed by atoms with E-state index in [4.69, 9.17) is 5.73 Å². The first-order valence-electron chi connectivity index (χ1n) is 4.45. The van der Waals surface area contributed by atoms with Crippen molar-refractivity contribution in [3.63, 3.8) is 0 Å². The molecular weight excluding hydrogens is 176 g/mol. The number of hydrogen-bond acceptors (Lipinski definition) is 3. The molecular formula is C11H12N2O. The molecule has 0 saturated heterocycles. The van der Waals surface area contributed by atoms with E-state index in [0.29, 0.717) is 0 Å². The van der Waals surface area contributed by atoms with E-state index in [9.17, 15) is 5.11 Å². The highest BCUT2D eigenvalue weighted by atomic mass is 16.3. The largest absolute Gasteiger partial charge is 0.493 e. The van der Waals surface area contributed by atoms with Gasteiger partial charge < -0.3 is 10.8 Å². The van der Waals surface area contributed by atoms with Crippen molar-refractivity contribution in [2.24, 2.45) is 0 Å². The maximum atomic E-state index is 9.27. The van der Waals surface area contributed by atoms with Crippen LogP contribution in [0.4, 0.5) is 5.69 Å². The van der Waals surface area contributed by atoms with E-state index in [0.717, 1.165) is 27.7 Å². The molecule has 0 fully saturated rings. The van der Waals surface area contributed by atoms with Crippen molar-refractivity contribution in [1.29, 1.82) is 0 Å². The summed E-state index contributed by atoms with van der Waals surface area (Å²) in [6.07, 6.45) is 0. The maximum absolute atomic E-state index is 9.27. The van der Waals surface area contributed by atoms with Crippen LogP contribution in [0.2, 0.25) is 0 Å². The summed E-state index contributed by atoms with van der Waals surface area (Å²) in [5.41, 5.74) is 9.41. The number of rotatable bonds is 0. The zero-order valence-electron chi connectivity index (χ0n) is 8.20. The molecule has 0 aliphatic rings. The van der Waals surface area contributed by atoms with Crippen molar-refractivity contribution in [2.75, 3.05) is 5.73 Å². The number of hydrogen-bond donors (Lipinski definition) is 2. The Hall–Kier alpha value is -1.77. The van der Waals surface area contributed by atoms with Crippen LogP contribution in [0, 0.1) is 13.8 Å². The van der Waals surface area contributed by atoms with E-state index in [1.54, 1.807) is 6.07 Å². The fourth-order valence-electron chi connectivity index (χ4n) is 1.62. The van der Waals surface area contributed by atoms with Gasteiger partial charge in [-0.05, 0) is 37.1 Å². The average Bonchev–Trinajstić information content (AvgIpc) is 2.14. The molecule has 0 aliphatic carbocycles. The third-order valence-corrected chi connectivity index (χ3v) is 2.46. The van der Waals surface area contributed by atoms with Crippen molar-refractivity contribution in [3.05, 3.63) is 29.3 Å². The van der Waals surface area contributed by atoms with E-state index in [-0.39, 0.29) is 5.88 Å². The molecule has 14 heavy (non-hydrogen) atoms. The summed E-state index contributed by atoms with van der Waals surface area (Å²) in [6, 6.07) is 5.30. The van der Waals surface area contributed by atoms with E-state index < -0.39 is 0 Å². The molecule has 0 unspecified atom stereocenters. The molecule has 2 rings (SSSR count). The molecule has 0 bridgehead atoms. The second-order valence-electron chi connectivity index (χ2n) is 3.47. The lowest BCUT2D eigenvalue weighted by Crippen LogP contribution is -1.94. The van der Waals surface area contributed by atoms with Gasteiger partial charge in [-0.25, -0.2) is 4.98 Å². The van der Waals surface area contributed by atoms with Crippen LogP contribution >= 0.6 is 0 Å². The van der Waals surface area contributed by atoms with Gasteiger partial charge in [0.15, 0.2) is 0 Å². The molecule has 1 aromatic heterocycles. The third kappa shape index (κ3) is 1.18. The first kappa shape index (κ1) is 8.81. The van der Waals surface area contributed by atoms with Crippen molar-refractivity contribution < 1.29 is 5.11 Å². The molecule has 0 atom stereocenters. The summed E-state index contributed by atoms with van der Waals surface area (Å²) in [5, 5.41) is 10.3. The van der Waals surface area contributed by atoms with Crippen LogP contribution in [0.15, 0.2) is 18.2 Å². The first-order valence-corrected chi connectivity index (χ1v) is 4.45. The van der Waals surface area contributed by atoms with E-state index in [1.807, 2.05) is 26.0 Å². The van der Waals surface area contributed by atoms with Gasteiger partial charge in [0.25, 0.3) is 0 Å². The van der Waals surface area contributed by atoms with Crippen LogP contribution in [-0.4, -0.2) is 10.1 Å². The number of pyridine rings is 1. The zero-order chi connectivity index (χ0) is 10.3. The van der Waals surface area contributed by atoms with E-state index in [1.165, 1.54) is 0 Å². The molecule has 72 valence electrons. The van der Waals surface area contributed by atoms with Gasteiger partial charge in [-0.1, -0.05) is 0 Å². The molecule has 0 radical (unpaired) electrons. The van der Waals surface area contributed by atoms with Gasteiger partial charge in [0.1, 0.15) is 0 Å². The number of nitrogens with two attached hydrogens (primary N) is 1. The summed E-state index contributed by atoms with van der Waals surface area (Å²) in [4.78, 5) is 4.08. The first-order chi connectivity index (χ1) is 6.59. The lowest BCUT2D eigenvalue weighted by molar-refractivity contribution is 0.456. The van der Waals surface area contributed by atoms with Gasteiger partial charge in [-0.15, -0.1) is 0 Å². The minimum absolute atomic E-state index is 0.0461. The summed E-state index contributed by atoms with van der Waals surface area (Å²) < 4.78 is 0. The SMILES string of the molecule is Cc1c(N)cc(C)c2nc(O)ccc12. The fraction of sp³-hybridized carbons (Fsp3) is 0.182. The second kappa shape index (κ2) is 2.87. The number of nitrogen functional groups attached to an aromatic ring is 1. The van der Waals surface area contributed by atoms with E-state index >= 15 is 0 Å². The van der Waals surface area contributed by atoms with Crippen LogP contribution in [0.5, 0.6) is 5.88 Å². The molecule has 0 saturated carbocycles. The molecule has 1 heterocycles. The van der Waals surface area contributed by atoms with Crippen LogP contribution in [0.3, 0.4) is 0 Å². The lowest BCUT2D eigenvalue weighted by Gasteiger charge is -2.08. The Balaban J connectivity index is 2.94. The highest BCUT2D eigenvalue weighted by Gasteiger charge is 2.06. The molecule has 3 nitrogen and oxygen atoms in total. The molecule has 2 aromatic rings. The van der Waals surface area contributed by atoms with Crippen molar-refractivity contribution in [3.8, 4) is 5.88 Å². The standard InChI is InChI=1S/C11H12N2O/c1-6-5-9(12)7(2)8-3-4-10(14)13-11(6)8/h3-5H,12H2,1-2H3,(H,13,14). The maximum Gasteiger partial charge on any atom is 0.211 e. The number of benzene rings is 1. The Morgan fingerprint density at radius 2 is 2.00 bits per heavy atom. The van der Waals surface area contributed by atoms with Gasteiger partial charge in [-0.2, -0.15) is 0 Å². The Bertz CT molecular complexity index is 506. The number of aromatic hydroxyl groups is 1. The highest BCUT2D eigenvalue weighted by molar-refractivity contribution is 5.89. The summed E-state index contributed by atoms with van der Waals surface area (Å²) in [6.45, 7) is 3.89. The predicted octanol–water partition coefficient (Wildman–Crippen LogP) is 2.14. The minimum Gasteiger partial charge on any atom is -0.493 e. The number of fused-ring (bicyclic) bond motifs is 1. The number of aromatic nitrogens is 1. The zero-order valence-corrected chi connectivity index (χ0v) is 8.20. The topological polar surface area (TPSA) is 59.1 Å². The Morgan fingerprint density at radius 1 is 1.29 bits per heavy atom. The van der Waals surface area contributed by atoms with Crippen LogP contribution in [-0.2, 0) is 0 Å². The smallest absolute Gasteiger partial charge is 0.211 e. The third-order valence-electron chi connectivity index (χ3n) is 2.46. The van der Waals surface area contributed by atoms with Gasteiger partial charge in [0, 0.05) is 17.1 Å². The molecule has 0 spiro atoms. The second-order valence-corrected chi connectivity index (χ2v) is 3.47. The number of aryl methyl sites for hydroxylation is 2. The summed E-state index contributed by atoms with van der Waals surface area (Å²) in [7, 11) is 0. The van der Waals surface area contributed by atoms with Gasteiger partial charge >= 0.3 is 0 Å². The van der Waals surface area contributed by atoms with Crippen molar-refractivity contribution in [2.45, 2.75) is 13.8 Å². The summed E-state index contributed by atoms with van der Waals surface area (Å²) in [5.74, 6) is 0.0461. The quantitative estimate of drug-likeness (QED) is 0.623. The van der Waals surface area contributed by atoms with Crippen LogP contribution in [0.1, 0.15) is 11.1 Å². The highest BCUT2D eigenvalue weighted by Crippen LogP contribution is 2.26. The molecule has 1 aromatic carbocycles. The molecule has 0 amide bonds. The van der Waals surface area contributed by atoms with Crippen LogP contribution < -0.4 is 5.73 Å². The van der Waals surface area contributed by atoms with E-state index in [2.05, 4.69) is 4.98 Å². The van der Waals surface area contributed by atoms with Gasteiger partial charge in [-0.3, -0.25) is 0 Å². The van der Waals surface area contributed by atoms with Crippen molar-refractivity contribution in [1.82, 2.24) is 4.98 Å². The molecule has 3 N–H and O–H groups in total. The van der Waals surface area contributed by atoms with Gasteiger partial charge in [0.05, 0.1) is 5.52 Å². The minimum atomic E-state index is 0.0461. The Kier molecular flexibility index (Phi) is 1.81. The number of nitrogens with zero attached hydrogens (tertiary/aromatic N) is 1. The molecule has 3 heteroatoms. The van der Waals surface area contributed by atoms with Crippen molar-refractivity contribution >= 4 is 16.6 Å². The Morgan fingerprint density at radius 3 is 2.71 bits per heavy atom. The predicted molar refractivity (Wildman–Crippen MR) is 57.3 cm³/mol. The van der Waals surface area contributed by atoms with Crippen LogP contribution in [0.25, 0.3) is 10.9 Å². The Labute approximate surface area is 82.2 Å². The number of anilines is 1. The van der Waals surface area contributed by atoms with Gasteiger partial charge in [0.2, 0.25) is 5.88 Å². The summed E-state index contributed by atoms with van der Waals surface area (Å²) >= 11 is 0. The monoisotopic (exact) mass is 188 g/mol. The fourth-order valence-corrected chi connectivity index (χ4v) is 1.62. The molecule has 0 aliphatic heterocycles.